The summed E-state index contributed by atoms with van der Waals surface area (Å²) in [4.78, 5) is 5.95. The molecule has 112 valence electrons. The second-order valence-electron chi connectivity index (χ2n) is 4.57. The van der Waals surface area contributed by atoms with Gasteiger partial charge in [-0.25, -0.2) is 10.8 Å². The van der Waals surface area contributed by atoms with Crippen LogP contribution in [0.3, 0.4) is 0 Å². The minimum atomic E-state index is -4.43. The quantitative estimate of drug-likeness (QED) is 0.658. The molecule has 2 rings (SSSR count). The van der Waals surface area contributed by atoms with Crippen LogP contribution in [0.2, 0.25) is 0 Å². The summed E-state index contributed by atoms with van der Waals surface area (Å²) in [5.74, 6) is 5.47. The molecular weight excluding hydrogens is 273 g/mol. The van der Waals surface area contributed by atoms with Gasteiger partial charge in [-0.05, 0) is 18.6 Å². The number of halogens is 3. The molecule has 1 fully saturated rings. The van der Waals surface area contributed by atoms with Crippen molar-refractivity contribution in [1.29, 1.82) is 0 Å². The zero-order chi connectivity index (χ0) is 14.8. The largest absolute Gasteiger partial charge is 0.416 e. The predicted octanol–water partition coefficient (Wildman–Crippen LogP) is 2.00. The minimum Gasteiger partial charge on any atom is -0.377 e. The Labute approximate surface area is 114 Å². The van der Waals surface area contributed by atoms with Crippen molar-refractivity contribution in [1.82, 2.24) is 4.98 Å². The summed E-state index contributed by atoms with van der Waals surface area (Å²) in [6, 6.07) is 1.96. The van der Waals surface area contributed by atoms with E-state index in [0.29, 0.717) is 19.8 Å². The Morgan fingerprint density at radius 1 is 1.50 bits per heavy atom. The molecule has 1 aromatic rings. The maximum atomic E-state index is 12.9. The summed E-state index contributed by atoms with van der Waals surface area (Å²) in [5, 5.41) is 0. The summed E-state index contributed by atoms with van der Waals surface area (Å²) in [7, 11) is 0. The molecular formula is C12H17F3N4O. The molecule has 5 nitrogen and oxygen atoms in total. The van der Waals surface area contributed by atoms with Crippen molar-refractivity contribution in [2.24, 2.45) is 5.84 Å². The lowest BCUT2D eigenvalue weighted by Crippen LogP contribution is -2.45. The second kappa shape index (κ2) is 5.84. The Hall–Kier alpha value is -1.54. The molecule has 1 aliphatic heterocycles. The molecule has 1 atom stereocenters. The van der Waals surface area contributed by atoms with Gasteiger partial charge in [0.1, 0.15) is 11.6 Å². The van der Waals surface area contributed by atoms with Crippen LogP contribution in [0.5, 0.6) is 0 Å². The highest BCUT2D eigenvalue weighted by Gasteiger charge is 2.33. The average molecular weight is 290 g/mol. The summed E-state index contributed by atoms with van der Waals surface area (Å²) in [6.07, 6.45) is -3.67. The molecule has 3 N–H and O–H groups in total. The van der Waals surface area contributed by atoms with E-state index in [0.717, 1.165) is 18.6 Å². The van der Waals surface area contributed by atoms with Gasteiger partial charge in [0.15, 0.2) is 0 Å². The van der Waals surface area contributed by atoms with E-state index in [2.05, 4.69) is 10.4 Å². The van der Waals surface area contributed by atoms with Gasteiger partial charge in [0.2, 0.25) is 0 Å². The molecule has 8 heteroatoms. The van der Waals surface area contributed by atoms with Crippen LogP contribution in [0, 0.1) is 0 Å². The third kappa shape index (κ3) is 3.13. The first-order chi connectivity index (χ1) is 9.45. The molecule has 0 bridgehead atoms. The number of hydrogen-bond donors (Lipinski definition) is 2. The number of hydrogen-bond acceptors (Lipinski definition) is 5. The number of pyridine rings is 1. The lowest BCUT2D eigenvalue weighted by molar-refractivity contribution is -0.137. The Kier molecular flexibility index (Phi) is 4.34. The van der Waals surface area contributed by atoms with Crippen LogP contribution in [-0.4, -0.2) is 30.8 Å². The first-order valence-corrected chi connectivity index (χ1v) is 6.36. The number of nitrogens with two attached hydrogens (primary N) is 1. The van der Waals surface area contributed by atoms with Gasteiger partial charge >= 0.3 is 6.18 Å². The number of rotatable bonds is 3. The van der Waals surface area contributed by atoms with Crippen LogP contribution in [0.4, 0.5) is 24.8 Å². The number of anilines is 2. The fourth-order valence-electron chi connectivity index (χ4n) is 2.20. The molecule has 1 aromatic heterocycles. The van der Waals surface area contributed by atoms with Crippen molar-refractivity contribution < 1.29 is 17.9 Å². The molecule has 0 aromatic carbocycles. The Morgan fingerprint density at radius 2 is 2.25 bits per heavy atom. The van der Waals surface area contributed by atoms with Crippen LogP contribution in [0.1, 0.15) is 18.9 Å². The lowest BCUT2D eigenvalue weighted by Gasteiger charge is -2.36. The molecule has 1 aliphatic rings. The molecule has 0 amide bonds. The number of ether oxygens (including phenoxy) is 1. The standard InChI is InChI=1S/C12H17F3N4O/c1-2-9-7-20-4-3-19(9)11-6-8(12(13,14)15)5-10(17-11)18-16/h5-6,9H,2-4,7,16H2,1H3,(H,17,18). The van der Waals surface area contributed by atoms with Gasteiger partial charge in [-0.1, -0.05) is 6.92 Å². The number of morpholine rings is 1. The van der Waals surface area contributed by atoms with Crippen molar-refractivity contribution in [3.63, 3.8) is 0 Å². The average Bonchev–Trinajstić information content (AvgIpc) is 2.45. The Balaban J connectivity index is 2.39. The number of nitrogens with one attached hydrogen (secondary N) is 1. The van der Waals surface area contributed by atoms with E-state index in [9.17, 15) is 13.2 Å². The molecule has 0 spiro atoms. The third-order valence-corrected chi connectivity index (χ3v) is 3.28. The lowest BCUT2D eigenvalue weighted by atomic mass is 10.1. The summed E-state index contributed by atoms with van der Waals surface area (Å²) in [5.41, 5.74) is 1.42. The highest BCUT2D eigenvalue weighted by molar-refractivity contribution is 5.51. The molecule has 0 saturated carbocycles. The first kappa shape index (κ1) is 14.9. The number of hydrazine groups is 1. The van der Waals surface area contributed by atoms with Crippen LogP contribution < -0.4 is 16.2 Å². The maximum absolute atomic E-state index is 12.9. The van der Waals surface area contributed by atoms with E-state index in [-0.39, 0.29) is 17.7 Å². The van der Waals surface area contributed by atoms with E-state index in [4.69, 9.17) is 10.6 Å². The SMILES string of the molecule is CCC1COCCN1c1cc(C(F)(F)F)cc(NN)n1. The van der Waals surface area contributed by atoms with Crippen LogP contribution in [0.25, 0.3) is 0 Å². The fourth-order valence-corrected chi connectivity index (χ4v) is 2.20. The third-order valence-electron chi connectivity index (χ3n) is 3.28. The highest BCUT2D eigenvalue weighted by atomic mass is 19.4. The van der Waals surface area contributed by atoms with E-state index >= 15 is 0 Å². The number of nitrogen functional groups attached to an aromatic ring is 1. The topological polar surface area (TPSA) is 63.4 Å². The van der Waals surface area contributed by atoms with Gasteiger partial charge in [-0.15, -0.1) is 0 Å². The van der Waals surface area contributed by atoms with Gasteiger partial charge in [-0.3, -0.25) is 0 Å². The zero-order valence-electron chi connectivity index (χ0n) is 11.1. The minimum absolute atomic E-state index is 0.00355. The second-order valence-corrected chi connectivity index (χ2v) is 4.57. The van der Waals surface area contributed by atoms with E-state index in [1.807, 2.05) is 11.8 Å². The monoisotopic (exact) mass is 290 g/mol. The van der Waals surface area contributed by atoms with Crippen molar-refractivity contribution >= 4 is 11.6 Å². The van der Waals surface area contributed by atoms with Crippen LogP contribution in [0.15, 0.2) is 12.1 Å². The highest BCUT2D eigenvalue weighted by Crippen LogP contribution is 2.33. The van der Waals surface area contributed by atoms with Gasteiger partial charge < -0.3 is 15.1 Å². The zero-order valence-corrected chi connectivity index (χ0v) is 11.1. The Bertz CT molecular complexity index is 467. The molecule has 0 radical (unpaired) electrons. The smallest absolute Gasteiger partial charge is 0.377 e. The Morgan fingerprint density at radius 3 is 2.85 bits per heavy atom. The predicted molar refractivity (Wildman–Crippen MR) is 69.3 cm³/mol. The van der Waals surface area contributed by atoms with E-state index in [1.165, 1.54) is 0 Å². The summed E-state index contributed by atoms with van der Waals surface area (Å²) in [6.45, 7) is 3.43. The molecule has 1 unspecified atom stereocenters. The van der Waals surface area contributed by atoms with Crippen molar-refractivity contribution in [2.75, 3.05) is 30.1 Å². The van der Waals surface area contributed by atoms with Crippen LogP contribution in [-0.2, 0) is 10.9 Å². The van der Waals surface area contributed by atoms with Gasteiger partial charge in [0.05, 0.1) is 24.8 Å². The van der Waals surface area contributed by atoms with E-state index in [1.54, 1.807) is 0 Å². The van der Waals surface area contributed by atoms with Crippen molar-refractivity contribution in [3.05, 3.63) is 17.7 Å². The number of aromatic nitrogens is 1. The van der Waals surface area contributed by atoms with Crippen molar-refractivity contribution in [2.45, 2.75) is 25.6 Å². The first-order valence-electron chi connectivity index (χ1n) is 6.36. The number of nitrogens with zero attached hydrogens (tertiary/aromatic N) is 2. The van der Waals surface area contributed by atoms with Crippen LogP contribution >= 0.6 is 0 Å². The molecule has 20 heavy (non-hydrogen) atoms. The summed E-state index contributed by atoms with van der Waals surface area (Å²) >= 11 is 0. The van der Waals surface area contributed by atoms with Crippen molar-refractivity contribution in [3.8, 4) is 0 Å². The normalized spacial score (nSPS) is 20.1. The summed E-state index contributed by atoms with van der Waals surface area (Å²) < 4.78 is 44.0. The van der Waals surface area contributed by atoms with E-state index < -0.39 is 11.7 Å². The molecule has 2 heterocycles. The van der Waals surface area contributed by atoms with Gasteiger partial charge in [0, 0.05) is 6.54 Å². The molecule has 0 aliphatic carbocycles. The maximum Gasteiger partial charge on any atom is 0.416 e. The number of alkyl halides is 3. The molecule has 1 saturated heterocycles. The van der Waals surface area contributed by atoms with Gasteiger partial charge in [-0.2, -0.15) is 13.2 Å². The fraction of sp³-hybridized carbons (Fsp3) is 0.583. The van der Waals surface area contributed by atoms with Gasteiger partial charge in [0.25, 0.3) is 0 Å².